The second-order valence-electron chi connectivity index (χ2n) is 4.21. The zero-order valence-corrected chi connectivity index (χ0v) is 10.6. The number of benzene rings is 1. The SMILES string of the molecule is CC1Cc2sc(CCl)nc2-c2ccccc21. The smallest absolute Gasteiger partial charge is 0.108 e. The molecule has 0 bridgehead atoms. The third-order valence-corrected chi connectivity index (χ3v) is 4.58. The number of fused-ring (bicyclic) bond motifs is 3. The van der Waals surface area contributed by atoms with Crippen molar-refractivity contribution in [1.29, 1.82) is 0 Å². The van der Waals surface area contributed by atoms with E-state index in [4.69, 9.17) is 11.6 Å². The standard InChI is InChI=1S/C13H12ClNS/c1-8-6-11-13(15-12(7-14)16-11)10-5-3-2-4-9(8)10/h2-5,8H,6-7H2,1H3. The molecule has 1 heterocycles. The molecule has 0 spiro atoms. The maximum Gasteiger partial charge on any atom is 0.108 e. The highest BCUT2D eigenvalue weighted by Crippen LogP contribution is 2.41. The van der Waals surface area contributed by atoms with Gasteiger partial charge in [0.2, 0.25) is 0 Å². The van der Waals surface area contributed by atoms with E-state index in [0.717, 1.165) is 17.1 Å². The van der Waals surface area contributed by atoms with E-state index in [1.807, 2.05) is 0 Å². The molecule has 3 rings (SSSR count). The molecule has 0 saturated heterocycles. The minimum Gasteiger partial charge on any atom is -0.240 e. The van der Waals surface area contributed by atoms with Crippen LogP contribution in [-0.2, 0) is 12.3 Å². The number of halogens is 1. The van der Waals surface area contributed by atoms with Gasteiger partial charge in [0.1, 0.15) is 5.01 Å². The molecule has 1 atom stereocenters. The summed E-state index contributed by atoms with van der Waals surface area (Å²) in [4.78, 5) is 6.02. The lowest BCUT2D eigenvalue weighted by atomic mass is 9.86. The van der Waals surface area contributed by atoms with Crippen molar-refractivity contribution >= 4 is 22.9 Å². The van der Waals surface area contributed by atoms with Gasteiger partial charge in [0, 0.05) is 10.4 Å². The second kappa shape index (κ2) is 3.86. The van der Waals surface area contributed by atoms with Gasteiger partial charge in [0.15, 0.2) is 0 Å². The van der Waals surface area contributed by atoms with Crippen molar-refractivity contribution in [2.24, 2.45) is 0 Å². The van der Waals surface area contributed by atoms with Crippen LogP contribution in [0.25, 0.3) is 11.3 Å². The number of thiazole rings is 1. The Morgan fingerprint density at radius 1 is 1.44 bits per heavy atom. The molecule has 16 heavy (non-hydrogen) atoms. The van der Waals surface area contributed by atoms with Crippen molar-refractivity contribution < 1.29 is 0 Å². The van der Waals surface area contributed by atoms with Crippen molar-refractivity contribution in [2.75, 3.05) is 0 Å². The molecule has 0 amide bonds. The minimum absolute atomic E-state index is 0.522. The van der Waals surface area contributed by atoms with Gasteiger partial charge in [0.05, 0.1) is 11.6 Å². The Kier molecular flexibility index (Phi) is 2.49. The molecular formula is C13H12ClNS. The third-order valence-electron chi connectivity index (χ3n) is 3.09. The Hall–Kier alpha value is -0.860. The topological polar surface area (TPSA) is 12.9 Å². The van der Waals surface area contributed by atoms with E-state index < -0.39 is 0 Å². The highest BCUT2D eigenvalue weighted by Gasteiger charge is 2.24. The van der Waals surface area contributed by atoms with Gasteiger partial charge >= 0.3 is 0 Å². The largest absolute Gasteiger partial charge is 0.240 e. The predicted octanol–water partition coefficient (Wildman–Crippen LogP) is 4.21. The van der Waals surface area contributed by atoms with Crippen LogP contribution in [0.4, 0.5) is 0 Å². The fourth-order valence-corrected chi connectivity index (χ4v) is 3.62. The molecule has 2 aromatic rings. The lowest BCUT2D eigenvalue weighted by molar-refractivity contribution is 0.756. The molecule has 1 aromatic heterocycles. The van der Waals surface area contributed by atoms with E-state index in [9.17, 15) is 0 Å². The average Bonchev–Trinajstić information content (AvgIpc) is 2.72. The summed E-state index contributed by atoms with van der Waals surface area (Å²) in [7, 11) is 0. The number of hydrogen-bond donors (Lipinski definition) is 0. The zero-order chi connectivity index (χ0) is 11.1. The summed E-state index contributed by atoms with van der Waals surface area (Å²) in [6.45, 7) is 2.28. The molecule has 1 aliphatic rings. The second-order valence-corrected chi connectivity index (χ2v) is 5.64. The lowest BCUT2D eigenvalue weighted by Gasteiger charge is -2.21. The average molecular weight is 250 g/mol. The molecular weight excluding hydrogens is 238 g/mol. The quantitative estimate of drug-likeness (QED) is 0.690. The third kappa shape index (κ3) is 1.48. The van der Waals surface area contributed by atoms with Crippen LogP contribution in [0.1, 0.15) is 28.3 Å². The van der Waals surface area contributed by atoms with Gasteiger partial charge in [-0.15, -0.1) is 22.9 Å². The van der Waals surface area contributed by atoms with Crippen LogP contribution in [0, 0.1) is 0 Å². The molecule has 3 heteroatoms. The van der Waals surface area contributed by atoms with Gasteiger partial charge in [-0.2, -0.15) is 0 Å². The maximum atomic E-state index is 5.86. The maximum absolute atomic E-state index is 5.86. The van der Waals surface area contributed by atoms with Crippen LogP contribution < -0.4 is 0 Å². The Morgan fingerprint density at radius 3 is 3.06 bits per heavy atom. The Labute approximate surface area is 104 Å². The van der Waals surface area contributed by atoms with Crippen molar-refractivity contribution in [3.63, 3.8) is 0 Å². The van der Waals surface area contributed by atoms with Crippen molar-refractivity contribution in [3.05, 3.63) is 39.7 Å². The Balaban J connectivity index is 2.22. The first kappa shape index (κ1) is 10.3. The summed E-state index contributed by atoms with van der Waals surface area (Å²) in [6.07, 6.45) is 1.10. The Bertz CT molecular complexity index is 532. The number of aromatic nitrogens is 1. The number of rotatable bonds is 1. The van der Waals surface area contributed by atoms with Crippen LogP contribution in [0.5, 0.6) is 0 Å². The van der Waals surface area contributed by atoms with Gasteiger partial charge in [-0.25, -0.2) is 4.98 Å². The zero-order valence-electron chi connectivity index (χ0n) is 9.03. The monoisotopic (exact) mass is 249 g/mol. The van der Waals surface area contributed by atoms with Gasteiger partial charge in [-0.05, 0) is 17.9 Å². The van der Waals surface area contributed by atoms with E-state index in [2.05, 4.69) is 36.2 Å². The molecule has 0 N–H and O–H groups in total. The molecule has 0 fully saturated rings. The van der Waals surface area contributed by atoms with Crippen LogP contribution in [0.3, 0.4) is 0 Å². The van der Waals surface area contributed by atoms with Gasteiger partial charge in [-0.1, -0.05) is 31.2 Å². The summed E-state index contributed by atoms with van der Waals surface area (Å²) < 4.78 is 0. The summed E-state index contributed by atoms with van der Waals surface area (Å²) >= 11 is 7.62. The van der Waals surface area contributed by atoms with E-state index in [1.54, 1.807) is 11.3 Å². The minimum atomic E-state index is 0.522. The van der Waals surface area contributed by atoms with Crippen LogP contribution in [0.15, 0.2) is 24.3 Å². The molecule has 1 nitrogen and oxygen atoms in total. The summed E-state index contributed by atoms with van der Waals surface area (Å²) in [5.41, 5.74) is 3.87. The highest BCUT2D eigenvalue weighted by atomic mass is 35.5. The van der Waals surface area contributed by atoms with E-state index >= 15 is 0 Å². The van der Waals surface area contributed by atoms with Crippen molar-refractivity contribution in [1.82, 2.24) is 4.98 Å². The molecule has 0 aliphatic heterocycles. The summed E-state index contributed by atoms with van der Waals surface area (Å²) in [5.74, 6) is 1.11. The Morgan fingerprint density at radius 2 is 2.25 bits per heavy atom. The molecule has 82 valence electrons. The molecule has 0 radical (unpaired) electrons. The van der Waals surface area contributed by atoms with E-state index in [0.29, 0.717) is 11.8 Å². The van der Waals surface area contributed by atoms with E-state index in [-0.39, 0.29) is 0 Å². The summed E-state index contributed by atoms with van der Waals surface area (Å²) in [5, 5.41) is 1.04. The van der Waals surface area contributed by atoms with Crippen molar-refractivity contribution in [2.45, 2.75) is 25.1 Å². The number of alkyl halides is 1. The normalized spacial score (nSPS) is 18.0. The van der Waals surface area contributed by atoms with Gasteiger partial charge in [-0.3, -0.25) is 0 Å². The fourth-order valence-electron chi connectivity index (χ4n) is 2.34. The number of nitrogens with zero attached hydrogens (tertiary/aromatic N) is 1. The van der Waals surface area contributed by atoms with Gasteiger partial charge in [0.25, 0.3) is 0 Å². The first-order valence-corrected chi connectivity index (χ1v) is 6.78. The predicted molar refractivity (Wildman–Crippen MR) is 69.2 cm³/mol. The molecule has 1 aromatic carbocycles. The van der Waals surface area contributed by atoms with Crippen LogP contribution in [-0.4, -0.2) is 4.98 Å². The van der Waals surface area contributed by atoms with Crippen molar-refractivity contribution in [3.8, 4) is 11.3 Å². The highest BCUT2D eigenvalue weighted by molar-refractivity contribution is 7.12. The fraction of sp³-hybridized carbons (Fsp3) is 0.308. The number of hydrogen-bond acceptors (Lipinski definition) is 2. The first-order chi connectivity index (χ1) is 7.79. The molecule has 1 unspecified atom stereocenters. The molecule has 1 aliphatic carbocycles. The first-order valence-electron chi connectivity index (χ1n) is 5.43. The van der Waals surface area contributed by atoms with Crippen LogP contribution >= 0.6 is 22.9 Å². The van der Waals surface area contributed by atoms with Gasteiger partial charge < -0.3 is 0 Å². The summed E-state index contributed by atoms with van der Waals surface area (Å²) in [6, 6.07) is 8.57. The lowest BCUT2D eigenvalue weighted by Crippen LogP contribution is -2.06. The van der Waals surface area contributed by atoms with Crippen LogP contribution in [0.2, 0.25) is 0 Å². The molecule has 0 saturated carbocycles. The van der Waals surface area contributed by atoms with E-state index in [1.165, 1.54) is 16.0 Å².